The number of sulfonamides is 1. The number of benzene rings is 1. The van der Waals surface area contributed by atoms with Crippen molar-refractivity contribution in [1.82, 2.24) is 9.78 Å². The third-order valence-corrected chi connectivity index (χ3v) is 3.08. The second-order valence-electron chi connectivity index (χ2n) is 3.34. The molecule has 1 aromatic carbocycles. The molecule has 2 N–H and O–H groups in total. The SMILES string of the molecule is Cn1nc(-c2ccccc2S(N)(=O)=O)oc1=O. The molecule has 0 saturated carbocycles. The monoisotopic (exact) mass is 255 g/mol. The van der Waals surface area contributed by atoms with Crippen LogP contribution in [0, 0.1) is 0 Å². The van der Waals surface area contributed by atoms with Gasteiger partial charge in [0.25, 0.3) is 5.89 Å². The largest absolute Gasteiger partial charge is 0.437 e. The summed E-state index contributed by atoms with van der Waals surface area (Å²) in [6.07, 6.45) is 0. The van der Waals surface area contributed by atoms with E-state index in [1.54, 1.807) is 6.07 Å². The second kappa shape index (κ2) is 3.82. The second-order valence-corrected chi connectivity index (χ2v) is 4.87. The molecule has 0 aliphatic rings. The lowest BCUT2D eigenvalue weighted by atomic mass is 10.2. The van der Waals surface area contributed by atoms with Crippen LogP contribution in [-0.4, -0.2) is 18.2 Å². The summed E-state index contributed by atoms with van der Waals surface area (Å²) in [7, 11) is -2.50. The van der Waals surface area contributed by atoms with E-state index in [4.69, 9.17) is 9.56 Å². The first-order chi connectivity index (χ1) is 7.89. The summed E-state index contributed by atoms with van der Waals surface area (Å²) in [6.45, 7) is 0. The lowest BCUT2D eigenvalue weighted by Gasteiger charge is -2.02. The minimum Gasteiger partial charge on any atom is -0.388 e. The van der Waals surface area contributed by atoms with E-state index < -0.39 is 15.8 Å². The first-order valence-corrected chi connectivity index (χ1v) is 6.10. The fraction of sp³-hybridized carbons (Fsp3) is 0.111. The van der Waals surface area contributed by atoms with Gasteiger partial charge in [0.15, 0.2) is 0 Å². The van der Waals surface area contributed by atoms with Crippen LogP contribution < -0.4 is 10.9 Å². The fourth-order valence-electron chi connectivity index (χ4n) is 1.35. The number of primary sulfonamides is 1. The van der Waals surface area contributed by atoms with Crippen molar-refractivity contribution in [3.05, 3.63) is 34.8 Å². The van der Waals surface area contributed by atoms with Crippen LogP contribution in [0.3, 0.4) is 0 Å². The molecule has 0 saturated heterocycles. The Kier molecular flexibility index (Phi) is 2.60. The van der Waals surface area contributed by atoms with Crippen LogP contribution in [-0.2, 0) is 17.1 Å². The molecule has 0 radical (unpaired) electrons. The molecule has 0 amide bonds. The fourth-order valence-corrected chi connectivity index (χ4v) is 2.08. The summed E-state index contributed by atoms with van der Waals surface area (Å²) in [4.78, 5) is 11.0. The molecule has 1 heterocycles. The summed E-state index contributed by atoms with van der Waals surface area (Å²) in [6, 6.07) is 5.90. The Labute approximate surface area is 96.5 Å². The minimum atomic E-state index is -3.90. The standard InChI is InChI=1S/C9H9N3O4S/c1-12-9(13)16-8(11-12)6-4-2-3-5-7(6)17(10,14)15/h2-5H,1H3,(H2,10,14,15). The van der Waals surface area contributed by atoms with E-state index in [1.807, 2.05) is 0 Å². The van der Waals surface area contributed by atoms with Crippen LogP contribution in [0.1, 0.15) is 0 Å². The van der Waals surface area contributed by atoms with E-state index in [2.05, 4.69) is 5.10 Å². The van der Waals surface area contributed by atoms with Crippen molar-refractivity contribution in [2.45, 2.75) is 4.90 Å². The van der Waals surface area contributed by atoms with E-state index in [0.29, 0.717) is 0 Å². The highest BCUT2D eigenvalue weighted by Gasteiger charge is 2.18. The van der Waals surface area contributed by atoms with Crippen LogP contribution >= 0.6 is 0 Å². The maximum absolute atomic E-state index is 11.3. The van der Waals surface area contributed by atoms with Crippen LogP contribution in [0.15, 0.2) is 38.4 Å². The zero-order valence-corrected chi connectivity index (χ0v) is 9.64. The Bertz CT molecular complexity index is 714. The van der Waals surface area contributed by atoms with E-state index in [0.717, 1.165) is 4.68 Å². The summed E-state index contributed by atoms with van der Waals surface area (Å²) in [5.74, 6) is -0.758. The Morgan fingerprint density at radius 3 is 2.53 bits per heavy atom. The molecule has 0 aliphatic heterocycles. The molecule has 7 nitrogen and oxygen atoms in total. The van der Waals surface area contributed by atoms with Gasteiger partial charge in [0.05, 0.1) is 10.5 Å². The molecular weight excluding hydrogens is 246 g/mol. The maximum atomic E-state index is 11.3. The highest BCUT2D eigenvalue weighted by atomic mass is 32.2. The topological polar surface area (TPSA) is 108 Å². The molecule has 8 heteroatoms. The summed E-state index contributed by atoms with van der Waals surface area (Å²) in [5, 5.41) is 8.83. The van der Waals surface area contributed by atoms with Gasteiger partial charge < -0.3 is 4.42 Å². The maximum Gasteiger partial charge on any atom is 0.437 e. The Morgan fingerprint density at radius 1 is 1.35 bits per heavy atom. The molecule has 0 aliphatic carbocycles. The molecule has 17 heavy (non-hydrogen) atoms. The number of rotatable bonds is 2. The third kappa shape index (κ3) is 2.12. The van der Waals surface area contributed by atoms with Crippen LogP contribution in [0.2, 0.25) is 0 Å². The quantitative estimate of drug-likeness (QED) is 0.791. The van der Waals surface area contributed by atoms with Crippen molar-refractivity contribution >= 4 is 10.0 Å². The lowest BCUT2D eigenvalue weighted by molar-refractivity contribution is 0.504. The Hall–Kier alpha value is -1.93. The summed E-state index contributed by atoms with van der Waals surface area (Å²) >= 11 is 0. The first-order valence-electron chi connectivity index (χ1n) is 4.56. The Balaban J connectivity index is 2.72. The predicted octanol–water partition coefficient (Wildman–Crippen LogP) is -0.312. The van der Waals surface area contributed by atoms with Gasteiger partial charge in [-0.05, 0) is 12.1 Å². The predicted molar refractivity (Wildman–Crippen MR) is 58.6 cm³/mol. The average Bonchev–Trinajstić information content (AvgIpc) is 2.58. The molecule has 2 rings (SSSR count). The number of nitrogens with zero attached hydrogens (tertiary/aromatic N) is 2. The summed E-state index contributed by atoms with van der Waals surface area (Å²) in [5.41, 5.74) is 0.160. The molecule has 90 valence electrons. The number of hydrogen-bond donors (Lipinski definition) is 1. The van der Waals surface area contributed by atoms with Gasteiger partial charge in [-0.25, -0.2) is 18.4 Å². The van der Waals surface area contributed by atoms with Gasteiger partial charge >= 0.3 is 5.76 Å². The van der Waals surface area contributed by atoms with Crippen molar-refractivity contribution in [3.63, 3.8) is 0 Å². The summed E-state index contributed by atoms with van der Waals surface area (Å²) < 4.78 is 28.5. The van der Waals surface area contributed by atoms with Gasteiger partial charge in [-0.1, -0.05) is 12.1 Å². The average molecular weight is 255 g/mol. The van der Waals surface area contributed by atoms with E-state index >= 15 is 0 Å². The normalized spacial score (nSPS) is 11.6. The van der Waals surface area contributed by atoms with Gasteiger partial charge in [-0.15, -0.1) is 5.10 Å². The minimum absolute atomic E-state index is 0.0814. The Morgan fingerprint density at radius 2 is 2.00 bits per heavy atom. The third-order valence-electron chi connectivity index (χ3n) is 2.11. The molecule has 1 aromatic heterocycles. The molecule has 0 unspecified atom stereocenters. The number of nitrogens with two attached hydrogens (primary N) is 1. The zero-order valence-electron chi connectivity index (χ0n) is 8.82. The zero-order chi connectivity index (χ0) is 12.6. The number of hydrogen-bond acceptors (Lipinski definition) is 5. The smallest absolute Gasteiger partial charge is 0.388 e. The van der Waals surface area contributed by atoms with Crippen molar-refractivity contribution in [2.24, 2.45) is 12.2 Å². The first kappa shape index (κ1) is 11.6. The van der Waals surface area contributed by atoms with Gasteiger partial charge in [0.1, 0.15) is 0 Å². The van der Waals surface area contributed by atoms with Crippen LogP contribution in [0.4, 0.5) is 0 Å². The highest BCUT2D eigenvalue weighted by molar-refractivity contribution is 7.89. The number of aromatic nitrogens is 2. The lowest BCUT2D eigenvalue weighted by Crippen LogP contribution is -2.13. The molecular formula is C9H9N3O4S. The highest BCUT2D eigenvalue weighted by Crippen LogP contribution is 2.23. The molecule has 0 fully saturated rings. The molecule has 2 aromatic rings. The van der Waals surface area contributed by atoms with Gasteiger partial charge in [0.2, 0.25) is 10.0 Å². The number of aryl methyl sites for hydroxylation is 1. The van der Waals surface area contributed by atoms with Gasteiger partial charge in [-0.3, -0.25) is 0 Å². The molecule has 0 atom stereocenters. The van der Waals surface area contributed by atoms with E-state index in [9.17, 15) is 13.2 Å². The van der Waals surface area contributed by atoms with Crippen molar-refractivity contribution in [3.8, 4) is 11.5 Å². The van der Waals surface area contributed by atoms with Crippen LogP contribution in [0.5, 0.6) is 0 Å². The molecule has 0 bridgehead atoms. The van der Waals surface area contributed by atoms with E-state index in [1.165, 1.54) is 25.2 Å². The van der Waals surface area contributed by atoms with E-state index in [-0.39, 0.29) is 16.3 Å². The van der Waals surface area contributed by atoms with Crippen molar-refractivity contribution < 1.29 is 12.8 Å². The van der Waals surface area contributed by atoms with Gasteiger partial charge in [0, 0.05) is 7.05 Å². The van der Waals surface area contributed by atoms with Crippen LogP contribution in [0.25, 0.3) is 11.5 Å². The van der Waals surface area contributed by atoms with Gasteiger partial charge in [-0.2, -0.15) is 4.68 Å². The van der Waals surface area contributed by atoms with Crippen molar-refractivity contribution in [1.29, 1.82) is 0 Å². The van der Waals surface area contributed by atoms with Crippen molar-refractivity contribution in [2.75, 3.05) is 0 Å². The molecule has 0 spiro atoms.